The number of carbonyl (C=O) groups is 1. The summed E-state index contributed by atoms with van der Waals surface area (Å²) in [4.78, 5) is 12.9. The van der Waals surface area contributed by atoms with Crippen molar-refractivity contribution in [2.24, 2.45) is 0 Å². The predicted octanol–water partition coefficient (Wildman–Crippen LogP) is 4.81. The molecule has 3 aromatic carbocycles. The van der Waals surface area contributed by atoms with Crippen molar-refractivity contribution in [2.45, 2.75) is 18.4 Å². The number of hydrogen-bond acceptors (Lipinski definition) is 4. The molecule has 0 fully saturated rings. The maximum absolute atomic E-state index is 12.8. The third kappa shape index (κ3) is 4.38. The van der Waals surface area contributed by atoms with Crippen LogP contribution < -0.4 is 5.32 Å². The molecule has 0 radical (unpaired) electrons. The van der Waals surface area contributed by atoms with Crippen LogP contribution in [0.15, 0.2) is 88.2 Å². The molecule has 0 saturated carbocycles. The Morgan fingerprint density at radius 3 is 2.42 bits per heavy atom. The van der Waals surface area contributed by atoms with Gasteiger partial charge in [0.1, 0.15) is 5.76 Å². The number of hydrogen-bond donors (Lipinski definition) is 1. The quantitative estimate of drug-likeness (QED) is 0.472. The summed E-state index contributed by atoms with van der Waals surface area (Å²) in [6.07, 6.45) is 0. The predicted molar refractivity (Wildman–Crippen MR) is 120 cm³/mol. The van der Waals surface area contributed by atoms with Gasteiger partial charge >= 0.3 is 0 Å². The van der Waals surface area contributed by atoms with Gasteiger partial charge in [0, 0.05) is 18.1 Å². The van der Waals surface area contributed by atoms with E-state index in [4.69, 9.17) is 4.42 Å². The third-order valence-electron chi connectivity index (χ3n) is 5.03. The van der Waals surface area contributed by atoms with E-state index in [0.29, 0.717) is 11.4 Å². The SMILES string of the molecule is Cc1ccc(S(=O)(=O)N(C)Cc2ccc(C(=O)Nc3cccc4ccccc34)o2)cc1. The van der Waals surface area contributed by atoms with E-state index in [9.17, 15) is 13.2 Å². The third-order valence-corrected chi connectivity index (χ3v) is 6.85. The Bertz CT molecular complexity index is 1340. The number of aryl methyl sites for hydroxylation is 1. The average Bonchev–Trinajstić information content (AvgIpc) is 3.23. The molecule has 1 N–H and O–H groups in total. The van der Waals surface area contributed by atoms with Crippen LogP contribution in [0.4, 0.5) is 5.69 Å². The van der Waals surface area contributed by atoms with Gasteiger partial charge in [-0.3, -0.25) is 4.79 Å². The second-order valence-corrected chi connectivity index (χ2v) is 9.37. The van der Waals surface area contributed by atoms with Gasteiger partial charge in [-0.05, 0) is 42.6 Å². The number of anilines is 1. The molecule has 158 valence electrons. The van der Waals surface area contributed by atoms with Gasteiger partial charge in [0.2, 0.25) is 10.0 Å². The number of nitrogens with one attached hydrogen (secondary N) is 1. The van der Waals surface area contributed by atoms with E-state index in [2.05, 4.69) is 5.32 Å². The van der Waals surface area contributed by atoms with E-state index in [1.807, 2.05) is 49.4 Å². The van der Waals surface area contributed by atoms with Gasteiger partial charge in [0.25, 0.3) is 5.91 Å². The number of nitrogens with zero attached hydrogens (tertiary/aromatic N) is 1. The Morgan fingerprint density at radius 1 is 0.935 bits per heavy atom. The van der Waals surface area contributed by atoms with E-state index in [1.165, 1.54) is 11.4 Å². The van der Waals surface area contributed by atoms with Crippen molar-refractivity contribution in [1.82, 2.24) is 4.31 Å². The van der Waals surface area contributed by atoms with Gasteiger partial charge < -0.3 is 9.73 Å². The zero-order valence-corrected chi connectivity index (χ0v) is 18.0. The first-order chi connectivity index (χ1) is 14.8. The van der Waals surface area contributed by atoms with Crippen molar-refractivity contribution in [3.63, 3.8) is 0 Å². The maximum Gasteiger partial charge on any atom is 0.291 e. The average molecular weight is 435 g/mol. The standard InChI is InChI=1S/C24H22N2O4S/c1-17-10-13-20(14-11-17)31(28,29)26(2)16-19-12-15-23(30-19)24(27)25-22-9-5-7-18-6-3-4-8-21(18)22/h3-15H,16H2,1-2H3,(H,25,27). The van der Waals surface area contributed by atoms with E-state index in [1.54, 1.807) is 36.4 Å². The summed E-state index contributed by atoms with van der Waals surface area (Å²) in [5, 5.41) is 4.81. The molecule has 1 heterocycles. The number of rotatable bonds is 6. The lowest BCUT2D eigenvalue weighted by Crippen LogP contribution is -2.26. The highest BCUT2D eigenvalue weighted by molar-refractivity contribution is 7.89. The van der Waals surface area contributed by atoms with Crippen LogP contribution in [0.5, 0.6) is 0 Å². The molecule has 1 amide bonds. The first kappa shape index (κ1) is 20.8. The molecular weight excluding hydrogens is 412 g/mol. The number of fused-ring (bicyclic) bond motifs is 1. The minimum absolute atomic E-state index is 0.0117. The Morgan fingerprint density at radius 2 is 1.65 bits per heavy atom. The van der Waals surface area contributed by atoms with E-state index in [0.717, 1.165) is 16.3 Å². The molecular formula is C24H22N2O4S. The molecule has 0 atom stereocenters. The molecule has 0 bridgehead atoms. The summed E-state index contributed by atoms with van der Waals surface area (Å²) in [5.74, 6) is 0.0944. The fraction of sp³-hybridized carbons (Fsp3) is 0.125. The molecule has 31 heavy (non-hydrogen) atoms. The lowest BCUT2D eigenvalue weighted by molar-refractivity contribution is 0.0994. The first-order valence-corrected chi connectivity index (χ1v) is 11.2. The largest absolute Gasteiger partial charge is 0.455 e. The molecule has 0 unspecified atom stereocenters. The molecule has 0 aliphatic carbocycles. The van der Waals surface area contributed by atoms with Crippen molar-refractivity contribution in [2.75, 3.05) is 12.4 Å². The van der Waals surface area contributed by atoms with Crippen LogP contribution in [0.1, 0.15) is 21.9 Å². The maximum atomic E-state index is 12.8. The van der Waals surface area contributed by atoms with Gasteiger partial charge in [-0.1, -0.05) is 54.1 Å². The van der Waals surface area contributed by atoms with Crippen LogP contribution in [-0.4, -0.2) is 25.7 Å². The Hall–Kier alpha value is -3.42. The highest BCUT2D eigenvalue weighted by Gasteiger charge is 2.22. The summed E-state index contributed by atoms with van der Waals surface area (Å²) in [6.45, 7) is 1.91. The monoisotopic (exact) mass is 434 g/mol. The molecule has 4 aromatic rings. The van der Waals surface area contributed by atoms with Crippen LogP contribution in [0.25, 0.3) is 10.8 Å². The van der Waals surface area contributed by atoms with Gasteiger partial charge in [-0.25, -0.2) is 8.42 Å². The van der Waals surface area contributed by atoms with Gasteiger partial charge in [0.15, 0.2) is 5.76 Å². The molecule has 0 saturated heterocycles. The smallest absolute Gasteiger partial charge is 0.291 e. The van der Waals surface area contributed by atoms with Gasteiger partial charge in [-0.15, -0.1) is 0 Å². The fourth-order valence-corrected chi connectivity index (χ4v) is 4.43. The van der Waals surface area contributed by atoms with Crippen molar-refractivity contribution in [3.05, 3.63) is 95.9 Å². The molecule has 7 heteroatoms. The number of furan rings is 1. The fourth-order valence-electron chi connectivity index (χ4n) is 3.30. The van der Waals surface area contributed by atoms with E-state index < -0.39 is 15.9 Å². The van der Waals surface area contributed by atoms with E-state index >= 15 is 0 Å². The molecule has 0 spiro atoms. The lowest BCUT2D eigenvalue weighted by Gasteiger charge is -2.16. The Labute approximate surface area is 181 Å². The van der Waals surface area contributed by atoms with Gasteiger partial charge in [-0.2, -0.15) is 4.31 Å². The second kappa shape index (κ2) is 8.37. The minimum atomic E-state index is -3.67. The van der Waals surface area contributed by atoms with Crippen LogP contribution in [0, 0.1) is 6.92 Å². The minimum Gasteiger partial charge on any atom is -0.455 e. The molecule has 0 aliphatic heterocycles. The molecule has 1 aromatic heterocycles. The lowest BCUT2D eigenvalue weighted by atomic mass is 10.1. The van der Waals surface area contributed by atoms with Crippen molar-refractivity contribution in [1.29, 1.82) is 0 Å². The number of amides is 1. The van der Waals surface area contributed by atoms with Crippen molar-refractivity contribution < 1.29 is 17.6 Å². The highest BCUT2D eigenvalue weighted by atomic mass is 32.2. The van der Waals surface area contributed by atoms with Crippen LogP contribution >= 0.6 is 0 Å². The summed E-state index contributed by atoms with van der Waals surface area (Å²) < 4.78 is 32.3. The topological polar surface area (TPSA) is 79.6 Å². The Kier molecular flexibility index (Phi) is 5.63. The van der Waals surface area contributed by atoms with Crippen LogP contribution in [0.3, 0.4) is 0 Å². The zero-order chi connectivity index (χ0) is 22.0. The number of carbonyl (C=O) groups excluding carboxylic acids is 1. The zero-order valence-electron chi connectivity index (χ0n) is 17.2. The second-order valence-electron chi connectivity index (χ2n) is 7.32. The van der Waals surface area contributed by atoms with E-state index in [-0.39, 0.29) is 17.2 Å². The first-order valence-electron chi connectivity index (χ1n) is 9.75. The number of benzene rings is 3. The molecule has 4 rings (SSSR count). The van der Waals surface area contributed by atoms with Crippen LogP contribution in [0.2, 0.25) is 0 Å². The molecule has 0 aliphatic rings. The summed E-state index contributed by atoms with van der Waals surface area (Å²) >= 11 is 0. The Balaban J connectivity index is 1.48. The highest BCUT2D eigenvalue weighted by Crippen LogP contribution is 2.24. The van der Waals surface area contributed by atoms with Crippen molar-refractivity contribution in [3.8, 4) is 0 Å². The van der Waals surface area contributed by atoms with Gasteiger partial charge in [0.05, 0.1) is 11.4 Å². The molecule has 6 nitrogen and oxygen atoms in total. The van der Waals surface area contributed by atoms with Crippen molar-refractivity contribution >= 4 is 32.4 Å². The number of sulfonamides is 1. The summed E-state index contributed by atoms with van der Waals surface area (Å²) in [5.41, 5.74) is 1.66. The summed E-state index contributed by atoms with van der Waals surface area (Å²) in [6, 6.07) is 23.2. The van der Waals surface area contributed by atoms with Crippen LogP contribution in [-0.2, 0) is 16.6 Å². The summed E-state index contributed by atoms with van der Waals surface area (Å²) in [7, 11) is -2.19. The normalized spacial score (nSPS) is 11.7.